The maximum atomic E-state index is 12.8. The summed E-state index contributed by atoms with van der Waals surface area (Å²) in [5, 5.41) is 26.7. The first-order valence-electron chi connectivity index (χ1n) is 7.94. The van der Waals surface area contributed by atoms with Crippen molar-refractivity contribution in [3.05, 3.63) is 65.7 Å². The van der Waals surface area contributed by atoms with Gasteiger partial charge in [-0.2, -0.15) is 10.1 Å². The molecule has 1 aliphatic rings. The minimum Gasteiger partial charge on any atom is -0.497 e. The number of ether oxygens (including phenoxy) is 1. The number of rotatable bonds is 4. The number of nitrogens with zero attached hydrogens (tertiary/aromatic N) is 2. The maximum absolute atomic E-state index is 12.8. The molecule has 3 rings (SSSR count). The van der Waals surface area contributed by atoms with Crippen LogP contribution in [0.3, 0.4) is 0 Å². The Balaban J connectivity index is 1.93. The first-order valence-corrected chi connectivity index (χ1v) is 7.94. The summed E-state index contributed by atoms with van der Waals surface area (Å²) in [4.78, 5) is 12.8. The highest BCUT2D eigenvalue weighted by atomic mass is 16.5. The van der Waals surface area contributed by atoms with E-state index in [9.17, 15) is 15.0 Å². The van der Waals surface area contributed by atoms with Gasteiger partial charge in [0.2, 0.25) is 0 Å². The van der Waals surface area contributed by atoms with Crippen LogP contribution >= 0.6 is 0 Å². The van der Waals surface area contributed by atoms with Crippen LogP contribution < -0.4 is 4.74 Å². The number of benzene rings is 2. The predicted molar refractivity (Wildman–Crippen MR) is 92.9 cm³/mol. The van der Waals surface area contributed by atoms with E-state index in [0.717, 1.165) is 5.01 Å². The van der Waals surface area contributed by atoms with Crippen LogP contribution in [0.4, 0.5) is 0 Å². The average Bonchev–Trinajstić information content (AvgIpc) is 2.96. The third-order valence-electron chi connectivity index (χ3n) is 4.23. The second-order valence-corrected chi connectivity index (χ2v) is 6.02. The van der Waals surface area contributed by atoms with Gasteiger partial charge in [0.05, 0.1) is 7.11 Å². The number of aliphatic hydroxyl groups is 2. The van der Waals surface area contributed by atoms with Crippen molar-refractivity contribution in [2.24, 2.45) is 5.10 Å². The third-order valence-corrected chi connectivity index (χ3v) is 4.23. The van der Waals surface area contributed by atoms with Gasteiger partial charge < -0.3 is 14.9 Å². The van der Waals surface area contributed by atoms with E-state index in [1.807, 2.05) is 0 Å². The van der Waals surface area contributed by atoms with Crippen LogP contribution in [-0.2, 0) is 10.5 Å². The van der Waals surface area contributed by atoms with Gasteiger partial charge in [-0.25, -0.2) is 0 Å². The zero-order valence-corrected chi connectivity index (χ0v) is 14.1. The summed E-state index contributed by atoms with van der Waals surface area (Å²) < 4.78 is 5.13. The zero-order chi connectivity index (χ0) is 18.0. The molecule has 0 fully saturated rings. The molecule has 2 aromatic carbocycles. The van der Waals surface area contributed by atoms with Gasteiger partial charge in [-0.05, 0) is 24.6 Å². The molecular formula is C19H20N2O4. The maximum Gasteiger partial charge on any atom is 0.279 e. The number of carbonyl (C=O) groups is 1. The van der Waals surface area contributed by atoms with E-state index < -0.39 is 17.7 Å². The molecule has 0 aliphatic carbocycles. The monoisotopic (exact) mass is 340 g/mol. The quantitative estimate of drug-likeness (QED) is 0.894. The highest BCUT2D eigenvalue weighted by molar-refractivity contribution is 5.91. The van der Waals surface area contributed by atoms with Crippen LogP contribution in [0.1, 0.15) is 30.6 Å². The molecule has 2 aromatic rings. The van der Waals surface area contributed by atoms with Crippen molar-refractivity contribution in [3.63, 3.8) is 0 Å². The first kappa shape index (κ1) is 17.1. The summed E-state index contributed by atoms with van der Waals surface area (Å²) in [7, 11) is 1.55. The highest BCUT2D eigenvalue weighted by Crippen LogP contribution is 2.37. The smallest absolute Gasteiger partial charge is 0.279 e. The van der Waals surface area contributed by atoms with E-state index in [4.69, 9.17) is 4.74 Å². The Morgan fingerprint density at radius 3 is 2.44 bits per heavy atom. The van der Waals surface area contributed by atoms with Gasteiger partial charge in [-0.1, -0.05) is 42.5 Å². The van der Waals surface area contributed by atoms with Crippen molar-refractivity contribution in [3.8, 4) is 5.75 Å². The fourth-order valence-corrected chi connectivity index (χ4v) is 2.93. The molecule has 25 heavy (non-hydrogen) atoms. The van der Waals surface area contributed by atoms with E-state index in [-0.39, 0.29) is 6.42 Å². The molecule has 0 saturated heterocycles. The van der Waals surface area contributed by atoms with Crippen LogP contribution in [0.15, 0.2) is 59.7 Å². The number of carbonyl (C=O) groups excluding carboxylic acids is 1. The van der Waals surface area contributed by atoms with Crippen LogP contribution in [0, 0.1) is 0 Å². The molecular weight excluding hydrogens is 320 g/mol. The van der Waals surface area contributed by atoms with Crippen LogP contribution in [-0.4, -0.2) is 34.0 Å². The normalized spacial score (nSPS) is 21.0. The largest absolute Gasteiger partial charge is 0.497 e. The number of amides is 1. The lowest BCUT2D eigenvalue weighted by Crippen LogP contribution is -2.45. The molecule has 1 aliphatic heterocycles. The first-order chi connectivity index (χ1) is 12.0. The van der Waals surface area contributed by atoms with E-state index in [1.165, 1.54) is 0 Å². The molecule has 0 aromatic heterocycles. The molecule has 1 amide bonds. The predicted octanol–water partition coefficient (Wildman–Crippen LogP) is 2.18. The Hall–Kier alpha value is -2.70. The minimum absolute atomic E-state index is 0.173. The second kappa shape index (κ2) is 6.66. The van der Waals surface area contributed by atoms with Gasteiger partial charge >= 0.3 is 0 Å². The van der Waals surface area contributed by atoms with Crippen molar-refractivity contribution >= 4 is 11.6 Å². The van der Waals surface area contributed by atoms with Gasteiger partial charge in [0.25, 0.3) is 5.91 Å². The second-order valence-electron chi connectivity index (χ2n) is 6.02. The Kier molecular flexibility index (Phi) is 4.57. The van der Waals surface area contributed by atoms with Crippen molar-refractivity contribution in [1.29, 1.82) is 0 Å². The standard InChI is InChI=1S/C19H20N2O4/c1-13-12-19(24,15-8-10-16(25-2)11-9-15)21(20-13)18(23)17(22)14-6-4-3-5-7-14/h3-11,17,22,24H,12H2,1-2H3/t17-,19-/m0/s1. The summed E-state index contributed by atoms with van der Waals surface area (Å²) in [6.07, 6.45) is -1.23. The number of hydrogen-bond donors (Lipinski definition) is 2. The van der Waals surface area contributed by atoms with Crippen LogP contribution in [0.5, 0.6) is 5.75 Å². The van der Waals surface area contributed by atoms with Gasteiger partial charge in [0.1, 0.15) is 5.75 Å². The molecule has 1 heterocycles. The summed E-state index contributed by atoms with van der Waals surface area (Å²) >= 11 is 0. The molecule has 0 radical (unpaired) electrons. The fraction of sp³-hybridized carbons (Fsp3) is 0.263. The van der Waals surface area contributed by atoms with Crippen LogP contribution in [0.2, 0.25) is 0 Å². The van der Waals surface area contributed by atoms with Gasteiger partial charge in [0, 0.05) is 17.7 Å². The molecule has 0 spiro atoms. The van der Waals surface area contributed by atoms with E-state index in [0.29, 0.717) is 22.6 Å². The lowest BCUT2D eigenvalue weighted by atomic mass is 9.96. The summed E-state index contributed by atoms with van der Waals surface area (Å²) in [5.74, 6) is -0.0356. The minimum atomic E-state index is -1.64. The van der Waals surface area contributed by atoms with Crippen molar-refractivity contribution in [2.75, 3.05) is 7.11 Å². The summed E-state index contributed by atoms with van der Waals surface area (Å²) in [6.45, 7) is 1.73. The van der Waals surface area contributed by atoms with Crippen molar-refractivity contribution in [2.45, 2.75) is 25.2 Å². The number of aliphatic hydroxyl groups excluding tert-OH is 1. The Bertz CT molecular complexity index is 789. The molecule has 0 unspecified atom stereocenters. The molecule has 0 bridgehead atoms. The highest BCUT2D eigenvalue weighted by Gasteiger charge is 2.46. The van der Waals surface area contributed by atoms with Gasteiger partial charge in [-0.15, -0.1) is 0 Å². The zero-order valence-electron chi connectivity index (χ0n) is 14.1. The molecule has 6 heteroatoms. The Labute approximate surface area is 146 Å². The summed E-state index contributed by atoms with van der Waals surface area (Å²) in [6, 6.07) is 15.4. The third kappa shape index (κ3) is 3.14. The summed E-state index contributed by atoms with van der Waals surface area (Å²) in [5.41, 5.74) is -0.0813. The molecule has 2 atom stereocenters. The lowest BCUT2D eigenvalue weighted by Gasteiger charge is -2.32. The Morgan fingerprint density at radius 2 is 1.84 bits per heavy atom. The molecule has 0 saturated carbocycles. The van der Waals surface area contributed by atoms with Crippen molar-refractivity contribution in [1.82, 2.24) is 5.01 Å². The SMILES string of the molecule is COc1ccc([C@@]2(O)CC(C)=NN2C(=O)[C@@H](O)c2ccccc2)cc1. The lowest BCUT2D eigenvalue weighted by molar-refractivity contribution is -0.167. The number of hydrazone groups is 1. The topological polar surface area (TPSA) is 82.4 Å². The molecule has 130 valence electrons. The van der Waals surface area contributed by atoms with Gasteiger partial charge in [0.15, 0.2) is 11.8 Å². The van der Waals surface area contributed by atoms with Crippen LogP contribution in [0.25, 0.3) is 0 Å². The van der Waals surface area contributed by atoms with E-state index in [2.05, 4.69) is 5.10 Å². The number of methoxy groups -OCH3 is 1. The number of hydrogen-bond acceptors (Lipinski definition) is 5. The van der Waals surface area contributed by atoms with E-state index in [1.54, 1.807) is 68.6 Å². The Morgan fingerprint density at radius 1 is 1.20 bits per heavy atom. The fourth-order valence-electron chi connectivity index (χ4n) is 2.93. The van der Waals surface area contributed by atoms with E-state index >= 15 is 0 Å². The van der Waals surface area contributed by atoms with Crippen molar-refractivity contribution < 1.29 is 19.7 Å². The average molecular weight is 340 g/mol. The molecule has 6 nitrogen and oxygen atoms in total. The molecule has 2 N–H and O–H groups in total. The van der Waals surface area contributed by atoms with Gasteiger partial charge in [-0.3, -0.25) is 4.79 Å².